The maximum Gasteiger partial charge on any atom is 0.0834 e. The third-order valence-electron chi connectivity index (χ3n) is 1.80. The Morgan fingerprint density at radius 2 is 2.00 bits per heavy atom. The fourth-order valence-electron chi connectivity index (χ4n) is 1.17. The summed E-state index contributed by atoms with van der Waals surface area (Å²) in [6.45, 7) is 3.84. The van der Waals surface area contributed by atoms with E-state index in [0.29, 0.717) is 5.02 Å². The van der Waals surface area contributed by atoms with Gasteiger partial charge in [-0.1, -0.05) is 23.7 Å². The lowest BCUT2D eigenvalue weighted by Crippen LogP contribution is -1.98. The van der Waals surface area contributed by atoms with Crippen LogP contribution in [0.5, 0.6) is 0 Å². The summed E-state index contributed by atoms with van der Waals surface area (Å²) in [4.78, 5) is 0. The second-order valence-electron chi connectivity index (χ2n) is 2.69. The second kappa shape index (κ2) is 3.23. The van der Waals surface area contributed by atoms with E-state index in [9.17, 15) is 0 Å². The number of nitrogens with zero attached hydrogens (tertiary/aromatic N) is 2. The Morgan fingerprint density at radius 3 is 2.62 bits per heavy atom. The zero-order chi connectivity index (χ0) is 9.26. The molecule has 1 radical (unpaired) electrons. The molecule has 1 heterocycles. The van der Waals surface area contributed by atoms with E-state index >= 15 is 0 Å². The Bertz CT molecular complexity index is 420. The van der Waals surface area contributed by atoms with E-state index in [1.165, 1.54) is 0 Å². The molecule has 13 heavy (non-hydrogen) atoms. The molecule has 0 atom stereocenters. The fraction of sp³-hybridized carbons (Fsp3) is 0. The predicted octanol–water partition coefficient (Wildman–Crippen LogP) is 2.71. The predicted molar refractivity (Wildman–Crippen MR) is 53.0 cm³/mol. The van der Waals surface area contributed by atoms with Gasteiger partial charge in [0.25, 0.3) is 0 Å². The molecular formula is C10H8ClN2. The van der Waals surface area contributed by atoms with Crippen LogP contribution in [0.25, 0.3) is 5.69 Å². The van der Waals surface area contributed by atoms with Crippen molar-refractivity contribution in [2.75, 3.05) is 0 Å². The van der Waals surface area contributed by atoms with E-state index in [2.05, 4.69) is 12.0 Å². The van der Waals surface area contributed by atoms with Crippen LogP contribution < -0.4 is 0 Å². The molecule has 0 aliphatic carbocycles. The van der Waals surface area contributed by atoms with E-state index in [-0.39, 0.29) is 0 Å². The number of hydrogen-bond acceptors (Lipinski definition) is 1. The van der Waals surface area contributed by atoms with Crippen LogP contribution in [0.1, 0.15) is 5.69 Å². The lowest BCUT2D eigenvalue weighted by Gasteiger charge is -2.05. The van der Waals surface area contributed by atoms with Crippen LogP contribution in [0.15, 0.2) is 36.5 Å². The zero-order valence-electron chi connectivity index (χ0n) is 6.94. The van der Waals surface area contributed by atoms with Crippen LogP contribution in [-0.4, -0.2) is 9.78 Å². The maximum absolute atomic E-state index is 6.00. The molecule has 0 bridgehead atoms. The van der Waals surface area contributed by atoms with Crippen molar-refractivity contribution in [3.05, 3.63) is 54.2 Å². The van der Waals surface area contributed by atoms with Gasteiger partial charge in [-0.3, -0.25) is 0 Å². The molecule has 1 aromatic carbocycles. The average molecular weight is 192 g/mol. The molecule has 0 spiro atoms. The van der Waals surface area contributed by atoms with Gasteiger partial charge < -0.3 is 0 Å². The van der Waals surface area contributed by atoms with Crippen LogP contribution in [0, 0.1) is 6.92 Å². The van der Waals surface area contributed by atoms with Crippen molar-refractivity contribution >= 4 is 11.6 Å². The summed E-state index contributed by atoms with van der Waals surface area (Å²) in [5, 5.41) is 4.79. The van der Waals surface area contributed by atoms with E-state index in [0.717, 1.165) is 11.4 Å². The SMILES string of the molecule is [CH2]c1ccnn1-c1ccccc1Cl. The molecule has 1 aromatic heterocycles. The maximum atomic E-state index is 6.00. The molecule has 0 saturated carbocycles. The molecule has 2 aromatic rings. The highest BCUT2D eigenvalue weighted by Gasteiger charge is 2.03. The van der Waals surface area contributed by atoms with Crippen LogP contribution in [0.2, 0.25) is 5.02 Å². The summed E-state index contributed by atoms with van der Waals surface area (Å²) in [6, 6.07) is 9.38. The van der Waals surface area contributed by atoms with Crippen molar-refractivity contribution in [3.8, 4) is 5.69 Å². The number of hydrogen-bond donors (Lipinski definition) is 0. The topological polar surface area (TPSA) is 17.8 Å². The van der Waals surface area contributed by atoms with E-state index in [1.54, 1.807) is 10.9 Å². The lowest BCUT2D eigenvalue weighted by atomic mass is 10.3. The van der Waals surface area contributed by atoms with Gasteiger partial charge in [-0.25, -0.2) is 4.68 Å². The Kier molecular flexibility index (Phi) is 2.07. The molecule has 0 unspecified atom stereocenters. The van der Waals surface area contributed by atoms with Crippen molar-refractivity contribution in [3.63, 3.8) is 0 Å². The normalized spacial score (nSPS) is 10.3. The Balaban J connectivity index is 2.59. The van der Waals surface area contributed by atoms with Gasteiger partial charge in [-0.05, 0) is 25.1 Å². The molecule has 0 N–H and O–H groups in total. The summed E-state index contributed by atoms with van der Waals surface area (Å²) < 4.78 is 1.71. The van der Waals surface area contributed by atoms with Gasteiger partial charge in [-0.15, -0.1) is 0 Å². The van der Waals surface area contributed by atoms with Crippen molar-refractivity contribution < 1.29 is 0 Å². The number of halogens is 1. The molecule has 0 aliphatic rings. The van der Waals surface area contributed by atoms with Crippen LogP contribution in [-0.2, 0) is 0 Å². The number of benzene rings is 1. The fourth-order valence-corrected chi connectivity index (χ4v) is 1.39. The van der Waals surface area contributed by atoms with E-state index in [1.807, 2.05) is 30.3 Å². The van der Waals surface area contributed by atoms with Gasteiger partial charge in [0, 0.05) is 11.9 Å². The molecule has 2 nitrogen and oxygen atoms in total. The Hall–Kier alpha value is -1.28. The first kappa shape index (κ1) is 8.32. The van der Waals surface area contributed by atoms with Crippen molar-refractivity contribution in [1.82, 2.24) is 9.78 Å². The minimum atomic E-state index is 0.677. The monoisotopic (exact) mass is 191 g/mol. The summed E-state index contributed by atoms with van der Waals surface area (Å²) in [6.07, 6.45) is 1.70. The van der Waals surface area contributed by atoms with Gasteiger partial charge in [0.1, 0.15) is 0 Å². The van der Waals surface area contributed by atoms with Crippen molar-refractivity contribution in [2.24, 2.45) is 0 Å². The first-order valence-corrected chi connectivity index (χ1v) is 4.28. The van der Waals surface area contributed by atoms with Crippen LogP contribution >= 0.6 is 11.6 Å². The highest BCUT2D eigenvalue weighted by molar-refractivity contribution is 6.32. The zero-order valence-corrected chi connectivity index (χ0v) is 7.70. The standard InChI is InChI=1S/C10H8ClN2/c1-8-6-7-12-13(8)10-5-3-2-4-9(10)11/h2-7H,1H2. The molecule has 65 valence electrons. The first-order chi connectivity index (χ1) is 6.29. The minimum absolute atomic E-state index is 0.677. The highest BCUT2D eigenvalue weighted by Crippen LogP contribution is 2.19. The number of rotatable bonds is 1. The number of aromatic nitrogens is 2. The Labute approximate surface area is 81.8 Å². The molecule has 0 fully saturated rings. The summed E-state index contributed by atoms with van der Waals surface area (Å²) in [7, 11) is 0. The lowest BCUT2D eigenvalue weighted by molar-refractivity contribution is 0.863. The highest BCUT2D eigenvalue weighted by atomic mass is 35.5. The molecule has 0 saturated heterocycles. The quantitative estimate of drug-likeness (QED) is 0.678. The summed E-state index contributed by atoms with van der Waals surface area (Å²) in [5.74, 6) is 0. The van der Waals surface area contributed by atoms with Gasteiger partial charge in [-0.2, -0.15) is 5.10 Å². The second-order valence-corrected chi connectivity index (χ2v) is 3.09. The Morgan fingerprint density at radius 1 is 1.23 bits per heavy atom. The number of para-hydroxylation sites is 1. The van der Waals surface area contributed by atoms with Gasteiger partial charge in [0.05, 0.1) is 10.7 Å². The third-order valence-corrected chi connectivity index (χ3v) is 2.12. The molecule has 0 aliphatic heterocycles. The van der Waals surface area contributed by atoms with Crippen LogP contribution in [0.3, 0.4) is 0 Å². The third kappa shape index (κ3) is 1.45. The van der Waals surface area contributed by atoms with E-state index in [4.69, 9.17) is 11.6 Å². The first-order valence-electron chi connectivity index (χ1n) is 3.90. The van der Waals surface area contributed by atoms with Crippen molar-refractivity contribution in [2.45, 2.75) is 0 Å². The minimum Gasteiger partial charge on any atom is -0.236 e. The van der Waals surface area contributed by atoms with Gasteiger partial charge in [0.15, 0.2) is 0 Å². The molecule has 0 amide bonds. The average Bonchev–Trinajstić information content (AvgIpc) is 2.52. The van der Waals surface area contributed by atoms with Crippen LogP contribution in [0.4, 0.5) is 0 Å². The molecule has 2 rings (SSSR count). The van der Waals surface area contributed by atoms with E-state index < -0.39 is 0 Å². The van der Waals surface area contributed by atoms with Crippen molar-refractivity contribution in [1.29, 1.82) is 0 Å². The summed E-state index contributed by atoms with van der Waals surface area (Å²) >= 11 is 6.00. The molecular weight excluding hydrogens is 184 g/mol. The van der Waals surface area contributed by atoms with Gasteiger partial charge in [0.2, 0.25) is 0 Å². The van der Waals surface area contributed by atoms with Gasteiger partial charge >= 0.3 is 0 Å². The molecule has 3 heteroatoms. The smallest absolute Gasteiger partial charge is 0.0834 e. The largest absolute Gasteiger partial charge is 0.236 e. The summed E-state index contributed by atoms with van der Waals surface area (Å²) in [5.41, 5.74) is 1.69.